The number of nitrogens with one attached hydrogen (secondary N) is 2. The first-order chi connectivity index (χ1) is 9.98. The number of piperidine rings is 1. The molecule has 1 unspecified atom stereocenters. The number of carboxylic acids is 1. The molecule has 0 saturated carbocycles. The summed E-state index contributed by atoms with van der Waals surface area (Å²) in [6, 6.07) is 4.99. The Kier molecular flexibility index (Phi) is 4.63. The van der Waals surface area contributed by atoms with Crippen LogP contribution in [0.3, 0.4) is 0 Å². The molecule has 1 aromatic carbocycles. The normalized spacial score (nSPS) is 21.8. The van der Waals surface area contributed by atoms with Gasteiger partial charge in [0.1, 0.15) is 0 Å². The van der Waals surface area contributed by atoms with E-state index in [4.69, 9.17) is 5.11 Å². The van der Waals surface area contributed by atoms with Gasteiger partial charge < -0.3 is 15.7 Å². The van der Waals surface area contributed by atoms with Gasteiger partial charge in [-0.05, 0) is 50.4 Å². The molecule has 1 aromatic rings. The van der Waals surface area contributed by atoms with Gasteiger partial charge in [-0.3, -0.25) is 4.79 Å². The topological polar surface area (TPSA) is 78.4 Å². The summed E-state index contributed by atoms with van der Waals surface area (Å²) in [5.74, 6) is -1.01. The van der Waals surface area contributed by atoms with Crippen LogP contribution < -0.4 is 10.6 Å². The van der Waals surface area contributed by atoms with Crippen molar-refractivity contribution in [3.05, 3.63) is 29.3 Å². The van der Waals surface area contributed by atoms with Crippen LogP contribution in [0, 0.1) is 12.3 Å². The van der Waals surface area contributed by atoms with Crippen molar-refractivity contribution in [3.8, 4) is 0 Å². The number of anilines is 1. The van der Waals surface area contributed by atoms with Crippen molar-refractivity contribution in [2.75, 3.05) is 18.4 Å². The van der Waals surface area contributed by atoms with Crippen LogP contribution in [0.5, 0.6) is 0 Å². The number of amides is 1. The highest BCUT2D eigenvalue weighted by Gasteiger charge is 2.37. The Bertz CT molecular complexity index is 548. The largest absolute Gasteiger partial charge is 0.478 e. The zero-order chi connectivity index (χ0) is 15.5. The molecule has 1 amide bonds. The number of aryl methyl sites for hydroxylation is 1. The first-order valence-electron chi connectivity index (χ1n) is 7.34. The van der Waals surface area contributed by atoms with Gasteiger partial charge in [-0.15, -0.1) is 0 Å². The van der Waals surface area contributed by atoms with Crippen LogP contribution in [-0.4, -0.2) is 30.1 Å². The predicted molar refractivity (Wildman–Crippen MR) is 81.6 cm³/mol. The molecule has 2 rings (SSSR count). The summed E-state index contributed by atoms with van der Waals surface area (Å²) in [5.41, 5.74) is 1.05. The van der Waals surface area contributed by atoms with E-state index in [1.165, 1.54) is 6.07 Å². The molecular weight excluding hydrogens is 268 g/mol. The molecule has 0 bridgehead atoms. The molecular formula is C16H22N2O3. The fraction of sp³-hybridized carbons (Fsp3) is 0.500. The lowest BCUT2D eigenvalue weighted by Gasteiger charge is -2.35. The van der Waals surface area contributed by atoms with Crippen LogP contribution in [0.4, 0.5) is 5.69 Å². The second-order valence-corrected chi connectivity index (χ2v) is 5.70. The summed E-state index contributed by atoms with van der Waals surface area (Å²) in [6.07, 6.45) is 2.61. The maximum atomic E-state index is 12.6. The first-order valence-corrected chi connectivity index (χ1v) is 7.34. The Balaban J connectivity index is 2.19. The van der Waals surface area contributed by atoms with Gasteiger partial charge in [0.05, 0.1) is 11.0 Å². The molecule has 5 heteroatoms. The van der Waals surface area contributed by atoms with Crippen molar-refractivity contribution in [1.82, 2.24) is 5.32 Å². The molecule has 3 N–H and O–H groups in total. The van der Waals surface area contributed by atoms with Gasteiger partial charge in [0.15, 0.2) is 0 Å². The van der Waals surface area contributed by atoms with Crippen LogP contribution in [0.15, 0.2) is 18.2 Å². The van der Waals surface area contributed by atoms with Crippen LogP contribution in [0.25, 0.3) is 0 Å². The molecule has 0 spiro atoms. The molecule has 21 heavy (non-hydrogen) atoms. The molecule has 1 atom stereocenters. The highest BCUT2D eigenvalue weighted by molar-refractivity contribution is 5.97. The second kappa shape index (κ2) is 6.26. The zero-order valence-electron chi connectivity index (χ0n) is 12.5. The number of hydrogen-bond donors (Lipinski definition) is 3. The lowest BCUT2D eigenvalue weighted by atomic mass is 9.77. The van der Waals surface area contributed by atoms with Gasteiger partial charge in [0, 0.05) is 12.2 Å². The maximum Gasteiger partial charge on any atom is 0.336 e. The summed E-state index contributed by atoms with van der Waals surface area (Å²) < 4.78 is 0. The smallest absolute Gasteiger partial charge is 0.336 e. The summed E-state index contributed by atoms with van der Waals surface area (Å²) >= 11 is 0. The van der Waals surface area contributed by atoms with E-state index in [1.807, 2.05) is 6.92 Å². The molecule has 0 radical (unpaired) electrons. The van der Waals surface area contributed by atoms with E-state index in [-0.39, 0.29) is 11.5 Å². The molecule has 5 nitrogen and oxygen atoms in total. The predicted octanol–water partition coefficient (Wildman–Crippen LogP) is 2.41. The van der Waals surface area contributed by atoms with Gasteiger partial charge in [-0.25, -0.2) is 4.79 Å². The van der Waals surface area contributed by atoms with Crippen LogP contribution in [0.2, 0.25) is 0 Å². The Morgan fingerprint density at radius 2 is 2.19 bits per heavy atom. The Hall–Kier alpha value is -1.88. The van der Waals surface area contributed by atoms with Gasteiger partial charge in [-0.1, -0.05) is 13.0 Å². The number of carboxylic acid groups (broad SMARTS) is 1. The minimum absolute atomic E-state index is 0.0302. The Morgan fingerprint density at radius 1 is 1.43 bits per heavy atom. The molecule has 114 valence electrons. The van der Waals surface area contributed by atoms with E-state index in [2.05, 4.69) is 10.6 Å². The standard InChI is InChI=1S/C16H22N2O3/c1-3-16(7-4-8-17-10-16)15(21)18-12-6-5-11(2)13(9-12)14(19)20/h5-6,9,17H,3-4,7-8,10H2,1-2H3,(H,18,21)(H,19,20). The second-order valence-electron chi connectivity index (χ2n) is 5.70. The SMILES string of the molecule is CCC1(C(=O)Nc2ccc(C)c(C(=O)O)c2)CCCNC1. The number of carbonyl (C=O) groups excluding carboxylic acids is 1. The Labute approximate surface area is 124 Å². The fourth-order valence-electron chi connectivity index (χ4n) is 2.82. The van der Waals surface area contributed by atoms with Crippen molar-refractivity contribution in [2.24, 2.45) is 5.41 Å². The first kappa shape index (κ1) is 15.5. The van der Waals surface area contributed by atoms with E-state index < -0.39 is 11.4 Å². The lowest BCUT2D eigenvalue weighted by molar-refractivity contribution is -0.126. The average molecular weight is 290 g/mol. The van der Waals surface area contributed by atoms with Crippen molar-refractivity contribution >= 4 is 17.6 Å². The molecule has 1 heterocycles. The minimum atomic E-state index is -0.979. The fourth-order valence-corrected chi connectivity index (χ4v) is 2.82. The number of hydrogen-bond acceptors (Lipinski definition) is 3. The highest BCUT2D eigenvalue weighted by Crippen LogP contribution is 2.31. The van der Waals surface area contributed by atoms with E-state index in [1.54, 1.807) is 19.1 Å². The molecule has 1 aliphatic heterocycles. The minimum Gasteiger partial charge on any atom is -0.478 e. The average Bonchev–Trinajstić information content (AvgIpc) is 2.49. The summed E-state index contributed by atoms with van der Waals surface area (Å²) in [4.78, 5) is 23.7. The lowest BCUT2D eigenvalue weighted by Crippen LogP contribution is -2.47. The number of aromatic carboxylic acids is 1. The summed E-state index contributed by atoms with van der Waals surface area (Å²) in [5, 5.41) is 15.3. The van der Waals surface area contributed by atoms with Crippen molar-refractivity contribution < 1.29 is 14.7 Å². The third-order valence-corrected chi connectivity index (χ3v) is 4.36. The molecule has 1 aliphatic rings. The Morgan fingerprint density at radius 3 is 2.76 bits per heavy atom. The highest BCUT2D eigenvalue weighted by atomic mass is 16.4. The zero-order valence-corrected chi connectivity index (χ0v) is 12.5. The van der Waals surface area contributed by atoms with Crippen molar-refractivity contribution in [1.29, 1.82) is 0 Å². The molecule has 0 aromatic heterocycles. The molecule has 1 saturated heterocycles. The van der Waals surface area contributed by atoms with Gasteiger partial charge in [0.25, 0.3) is 0 Å². The summed E-state index contributed by atoms with van der Waals surface area (Å²) in [6.45, 7) is 5.38. The molecule has 0 aliphatic carbocycles. The number of carbonyl (C=O) groups is 2. The van der Waals surface area contributed by atoms with Crippen molar-refractivity contribution in [2.45, 2.75) is 33.1 Å². The molecule has 1 fully saturated rings. The van der Waals surface area contributed by atoms with Gasteiger partial charge >= 0.3 is 5.97 Å². The van der Waals surface area contributed by atoms with Gasteiger partial charge in [0.2, 0.25) is 5.91 Å². The third kappa shape index (κ3) is 3.24. The van der Waals surface area contributed by atoms with E-state index in [0.29, 0.717) is 17.8 Å². The van der Waals surface area contributed by atoms with Gasteiger partial charge in [-0.2, -0.15) is 0 Å². The monoisotopic (exact) mass is 290 g/mol. The van der Waals surface area contributed by atoms with Crippen LogP contribution >= 0.6 is 0 Å². The van der Waals surface area contributed by atoms with E-state index in [9.17, 15) is 9.59 Å². The maximum absolute atomic E-state index is 12.6. The third-order valence-electron chi connectivity index (χ3n) is 4.36. The summed E-state index contributed by atoms with van der Waals surface area (Å²) in [7, 11) is 0. The van der Waals surface area contributed by atoms with Crippen LogP contribution in [0.1, 0.15) is 42.1 Å². The number of benzene rings is 1. The van der Waals surface area contributed by atoms with E-state index in [0.717, 1.165) is 25.8 Å². The van der Waals surface area contributed by atoms with E-state index >= 15 is 0 Å². The van der Waals surface area contributed by atoms with Crippen LogP contribution in [-0.2, 0) is 4.79 Å². The quantitative estimate of drug-likeness (QED) is 0.795. The van der Waals surface area contributed by atoms with Crippen molar-refractivity contribution in [3.63, 3.8) is 0 Å². The number of rotatable bonds is 4.